The Bertz CT molecular complexity index is 892. The minimum absolute atomic E-state index is 0.390. The van der Waals surface area contributed by atoms with Crippen LogP contribution in [0, 0.1) is 13.8 Å². The summed E-state index contributed by atoms with van der Waals surface area (Å²) in [5.41, 5.74) is 2.55. The summed E-state index contributed by atoms with van der Waals surface area (Å²) in [6, 6.07) is 10.8. The summed E-state index contributed by atoms with van der Waals surface area (Å²) in [4.78, 5) is 2.46. The maximum absolute atomic E-state index is 13.0. The molecule has 134 valence electrons. The van der Waals surface area contributed by atoms with E-state index in [2.05, 4.69) is 4.90 Å². The highest BCUT2D eigenvalue weighted by Crippen LogP contribution is 2.30. The van der Waals surface area contributed by atoms with Gasteiger partial charge in [0.25, 0.3) is 0 Å². The fraction of sp³-hybridized carbons (Fsp3) is 0.333. The number of halogens is 2. The molecule has 2 aromatic rings. The van der Waals surface area contributed by atoms with Crippen LogP contribution < -0.4 is 4.90 Å². The molecule has 0 radical (unpaired) electrons. The van der Waals surface area contributed by atoms with Gasteiger partial charge in [0.1, 0.15) is 0 Å². The van der Waals surface area contributed by atoms with Crippen LogP contribution in [-0.4, -0.2) is 38.9 Å². The molecule has 0 atom stereocenters. The molecule has 3 rings (SSSR count). The summed E-state index contributed by atoms with van der Waals surface area (Å²) in [6.07, 6.45) is 0. The Morgan fingerprint density at radius 2 is 1.60 bits per heavy atom. The minimum atomic E-state index is -3.49. The molecule has 1 aliphatic rings. The molecule has 0 unspecified atom stereocenters. The first-order valence-corrected chi connectivity index (χ1v) is 10.3. The van der Waals surface area contributed by atoms with E-state index < -0.39 is 10.0 Å². The van der Waals surface area contributed by atoms with Gasteiger partial charge in [-0.3, -0.25) is 0 Å². The highest BCUT2D eigenvalue weighted by Gasteiger charge is 2.30. The highest BCUT2D eigenvalue weighted by molar-refractivity contribution is 7.89. The lowest BCUT2D eigenvalue weighted by atomic mass is 10.2. The average molecular weight is 399 g/mol. The lowest BCUT2D eigenvalue weighted by Crippen LogP contribution is -2.48. The summed E-state index contributed by atoms with van der Waals surface area (Å²) in [6.45, 7) is 5.71. The van der Waals surface area contributed by atoms with E-state index in [1.165, 1.54) is 0 Å². The van der Waals surface area contributed by atoms with Crippen LogP contribution in [0.3, 0.4) is 0 Å². The van der Waals surface area contributed by atoms with Crippen molar-refractivity contribution < 1.29 is 8.42 Å². The minimum Gasteiger partial charge on any atom is -0.368 e. The Morgan fingerprint density at radius 1 is 0.920 bits per heavy atom. The van der Waals surface area contributed by atoms with E-state index in [4.69, 9.17) is 23.2 Å². The van der Waals surface area contributed by atoms with Crippen LogP contribution in [0.25, 0.3) is 0 Å². The van der Waals surface area contributed by atoms with Gasteiger partial charge in [-0.1, -0.05) is 35.3 Å². The number of aryl methyl sites for hydroxylation is 2. The Hall–Kier alpha value is -1.27. The second-order valence-corrected chi connectivity index (χ2v) is 9.01. The van der Waals surface area contributed by atoms with Crippen molar-refractivity contribution in [3.63, 3.8) is 0 Å². The van der Waals surface area contributed by atoms with Crippen LogP contribution in [0.4, 0.5) is 5.69 Å². The molecule has 0 spiro atoms. The predicted molar refractivity (Wildman–Crippen MR) is 103 cm³/mol. The molecule has 1 heterocycles. The van der Waals surface area contributed by atoms with Crippen molar-refractivity contribution in [1.29, 1.82) is 0 Å². The first-order valence-electron chi connectivity index (χ1n) is 8.06. The summed E-state index contributed by atoms with van der Waals surface area (Å²) >= 11 is 12.3. The zero-order valence-electron chi connectivity index (χ0n) is 14.2. The first kappa shape index (κ1) is 18.5. The van der Waals surface area contributed by atoms with E-state index in [-0.39, 0.29) is 0 Å². The lowest BCUT2D eigenvalue weighted by molar-refractivity contribution is 0.384. The summed E-state index contributed by atoms with van der Waals surface area (Å²) < 4.78 is 27.5. The highest BCUT2D eigenvalue weighted by atomic mass is 35.5. The average Bonchev–Trinajstić information content (AvgIpc) is 2.59. The van der Waals surface area contributed by atoms with Crippen molar-refractivity contribution in [2.45, 2.75) is 18.7 Å². The molecule has 2 aromatic carbocycles. The molecule has 0 saturated carbocycles. The molecule has 1 fully saturated rings. The number of hydrogen-bond acceptors (Lipinski definition) is 3. The standard InChI is InChI=1S/C18H20Cl2N2O2S/c1-13-3-4-14(2)18(11-13)25(23,24)22-9-7-21(8-10-22)17-12-15(19)5-6-16(17)20/h3-6,11-12H,7-10H2,1-2H3. The molecule has 0 aromatic heterocycles. The van der Waals surface area contributed by atoms with Gasteiger partial charge in [0, 0.05) is 31.2 Å². The second kappa shape index (κ2) is 7.16. The van der Waals surface area contributed by atoms with Crippen molar-refractivity contribution in [2.75, 3.05) is 31.1 Å². The van der Waals surface area contributed by atoms with Crippen molar-refractivity contribution in [3.8, 4) is 0 Å². The van der Waals surface area contributed by atoms with Gasteiger partial charge in [0.15, 0.2) is 0 Å². The van der Waals surface area contributed by atoms with E-state index in [9.17, 15) is 8.42 Å². The van der Waals surface area contributed by atoms with Crippen molar-refractivity contribution in [2.24, 2.45) is 0 Å². The van der Waals surface area contributed by atoms with Crippen LogP contribution in [0.1, 0.15) is 11.1 Å². The zero-order valence-corrected chi connectivity index (χ0v) is 16.5. The number of nitrogens with zero attached hydrogens (tertiary/aromatic N) is 2. The summed E-state index contributed by atoms with van der Waals surface area (Å²) in [7, 11) is -3.49. The molecule has 0 N–H and O–H groups in total. The van der Waals surface area contributed by atoms with Gasteiger partial charge in [0.05, 0.1) is 15.6 Å². The Morgan fingerprint density at radius 3 is 2.28 bits per heavy atom. The van der Waals surface area contributed by atoms with Gasteiger partial charge in [0.2, 0.25) is 10.0 Å². The lowest BCUT2D eigenvalue weighted by Gasteiger charge is -2.36. The monoisotopic (exact) mass is 398 g/mol. The smallest absolute Gasteiger partial charge is 0.243 e. The van der Waals surface area contributed by atoms with Crippen LogP contribution in [0.15, 0.2) is 41.3 Å². The second-order valence-electron chi connectivity index (χ2n) is 6.26. The maximum Gasteiger partial charge on any atom is 0.243 e. The number of anilines is 1. The van der Waals surface area contributed by atoms with Gasteiger partial charge < -0.3 is 4.90 Å². The van der Waals surface area contributed by atoms with Gasteiger partial charge in [-0.2, -0.15) is 4.31 Å². The van der Waals surface area contributed by atoms with E-state index in [0.29, 0.717) is 41.1 Å². The van der Waals surface area contributed by atoms with Crippen molar-refractivity contribution in [3.05, 3.63) is 57.6 Å². The largest absolute Gasteiger partial charge is 0.368 e. The van der Waals surface area contributed by atoms with Gasteiger partial charge in [-0.05, 0) is 49.2 Å². The fourth-order valence-electron chi connectivity index (χ4n) is 3.02. The van der Waals surface area contributed by atoms with Crippen LogP contribution >= 0.6 is 23.2 Å². The number of sulfonamides is 1. The third kappa shape index (κ3) is 3.80. The Kier molecular flexibility index (Phi) is 5.30. The molecule has 0 bridgehead atoms. The molecule has 1 saturated heterocycles. The SMILES string of the molecule is Cc1ccc(C)c(S(=O)(=O)N2CCN(c3cc(Cl)ccc3Cl)CC2)c1. The zero-order chi connectivity index (χ0) is 18.2. The molecule has 25 heavy (non-hydrogen) atoms. The normalized spacial score (nSPS) is 16.2. The van der Waals surface area contributed by atoms with Crippen LogP contribution in [0.5, 0.6) is 0 Å². The van der Waals surface area contributed by atoms with Gasteiger partial charge in [-0.25, -0.2) is 8.42 Å². The van der Waals surface area contributed by atoms with Gasteiger partial charge in [-0.15, -0.1) is 0 Å². The number of piperazine rings is 1. The molecule has 4 nitrogen and oxygen atoms in total. The van der Waals surface area contributed by atoms with E-state index in [0.717, 1.165) is 16.8 Å². The van der Waals surface area contributed by atoms with E-state index >= 15 is 0 Å². The molecular weight excluding hydrogens is 379 g/mol. The fourth-order valence-corrected chi connectivity index (χ4v) is 5.16. The molecule has 7 heteroatoms. The third-order valence-corrected chi connectivity index (χ3v) is 7.04. The molecule has 0 amide bonds. The van der Waals surface area contributed by atoms with Crippen molar-refractivity contribution in [1.82, 2.24) is 4.31 Å². The van der Waals surface area contributed by atoms with Crippen molar-refractivity contribution >= 4 is 38.9 Å². The third-order valence-electron chi connectivity index (χ3n) is 4.45. The van der Waals surface area contributed by atoms with E-state index in [1.807, 2.05) is 32.0 Å². The van der Waals surface area contributed by atoms with E-state index in [1.54, 1.807) is 22.5 Å². The van der Waals surface area contributed by atoms with Crippen LogP contribution in [-0.2, 0) is 10.0 Å². The number of hydrogen-bond donors (Lipinski definition) is 0. The number of rotatable bonds is 3. The Balaban J connectivity index is 1.80. The topological polar surface area (TPSA) is 40.6 Å². The summed E-state index contributed by atoms with van der Waals surface area (Å²) in [5.74, 6) is 0. The first-order chi connectivity index (χ1) is 11.8. The number of benzene rings is 2. The van der Waals surface area contributed by atoms with Crippen LogP contribution in [0.2, 0.25) is 10.0 Å². The molecule has 0 aliphatic carbocycles. The Labute approximate surface area is 159 Å². The maximum atomic E-state index is 13.0. The predicted octanol–water partition coefficient (Wildman–Crippen LogP) is 4.12. The summed E-state index contributed by atoms with van der Waals surface area (Å²) in [5, 5.41) is 1.24. The van der Waals surface area contributed by atoms with Gasteiger partial charge >= 0.3 is 0 Å². The molecule has 1 aliphatic heterocycles. The molecular formula is C18H20Cl2N2O2S. The quantitative estimate of drug-likeness (QED) is 0.780.